The van der Waals surface area contributed by atoms with Gasteiger partial charge in [0.15, 0.2) is 5.82 Å². The average molecular weight is 442 g/mol. The number of likely N-dealkylation sites (tertiary alicyclic amines) is 1. The van der Waals surface area contributed by atoms with Crippen molar-refractivity contribution < 1.29 is 9.53 Å². The normalized spacial score (nSPS) is 23.9. The smallest absolute Gasteiger partial charge is 0.256 e. The molecule has 2 atom stereocenters. The second-order valence-corrected chi connectivity index (χ2v) is 8.53. The molecule has 2 unspecified atom stereocenters. The van der Waals surface area contributed by atoms with E-state index in [4.69, 9.17) is 16.3 Å². The molecule has 1 saturated heterocycles. The van der Waals surface area contributed by atoms with Crippen LogP contribution in [0.4, 0.5) is 5.69 Å². The maximum atomic E-state index is 11.9. The summed E-state index contributed by atoms with van der Waals surface area (Å²) in [5.74, 6) is 3.47. The van der Waals surface area contributed by atoms with Gasteiger partial charge in [-0.3, -0.25) is 14.0 Å². The first-order chi connectivity index (χ1) is 14.9. The molecule has 1 aliphatic carbocycles. The molecule has 0 radical (unpaired) electrons. The number of carbonyl (C=O) groups is 1. The van der Waals surface area contributed by atoms with Gasteiger partial charge in [-0.25, -0.2) is 4.98 Å². The number of imidazole rings is 1. The highest BCUT2D eigenvalue weighted by Gasteiger charge is 2.56. The Balaban J connectivity index is 1.38. The Morgan fingerprint density at radius 1 is 1.42 bits per heavy atom. The summed E-state index contributed by atoms with van der Waals surface area (Å²) in [6.07, 6.45) is 6.86. The molecule has 1 saturated carbocycles. The van der Waals surface area contributed by atoms with Crippen molar-refractivity contribution >= 4 is 34.7 Å². The van der Waals surface area contributed by atoms with Crippen LogP contribution in [0.15, 0.2) is 37.8 Å². The zero-order valence-electron chi connectivity index (χ0n) is 17.5. The number of aromatic nitrogens is 4. The minimum absolute atomic E-state index is 0.0139. The highest BCUT2D eigenvalue weighted by atomic mass is 35.5. The lowest BCUT2D eigenvalue weighted by atomic mass is 10.2. The molecular formula is C21H24ClN7O2. The third-order valence-corrected chi connectivity index (χ3v) is 6.62. The first-order valence-electron chi connectivity index (χ1n) is 10.1. The molecule has 1 amide bonds. The van der Waals surface area contributed by atoms with Gasteiger partial charge in [0.2, 0.25) is 5.91 Å². The first kappa shape index (κ1) is 19.7. The standard InChI is InChI=1S/C21H24ClN7O2/c1-5-19(30)28-8-14-13(15(14)9-28)7-27-11-16(20-23-6-18(22)29(20)12(27)2)24-17-10-26(3)25-21(17)31-4/h5-6,10-11,13-15,24H,1-2,7-9H2,3-4H3. The Bertz CT molecular complexity index is 1110. The Kier molecular flexibility index (Phi) is 4.58. The van der Waals surface area contributed by atoms with E-state index >= 15 is 0 Å². The number of nitrogens with one attached hydrogen (secondary N) is 1. The van der Waals surface area contributed by atoms with E-state index in [9.17, 15) is 4.79 Å². The molecule has 0 aromatic carbocycles. The quantitative estimate of drug-likeness (QED) is 0.693. The number of aryl methyl sites for hydroxylation is 1. The number of amides is 1. The van der Waals surface area contributed by atoms with Gasteiger partial charge < -0.3 is 19.9 Å². The lowest BCUT2D eigenvalue weighted by Crippen LogP contribution is -2.33. The molecule has 31 heavy (non-hydrogen) atoms. The van der Waals surface area contributed by atoms with Crippen molar-refractivity contribution in [1.82, 2.24) is 29.1 Å². The molecular weight excluding hydrogens is 418 g/mol. The van der Waals surface area contributed by atoms with Gasteiger partial charge in [-0.1, -0.05) is 24.8 Å². The van der Waals surface area contributed by atoms with Crippen LogP contribution in [0.25, 0.3) is 11.5 Å². The van der Waals surface area contributed by atoms with E-state index in [0.29, 0.717) is 34.6 Å². The van der Waals surface area contributed by atoms with Gasteiger partial charge in [0.25, 0.3) is 5.88 Å². The number of anilines is 1. The van der Waals surface area contributed by atoms with E-state index in [1.165, 1.54) is 6.08 Å². The second kappa shape index (κ2) is 7.19. The zero-order valence-corrected chi connectivity index (χ0v) is 18.2. The summed E-state index contributed by atoms with van der Waals surface area (Å²) < 4.78 is 8.88. The van der Waals surface area contributed by atoms with Gasteiger partial charge in [0.1, 0.15) is 16.7 Å². The first-order valence-corrected chi connectivity index (χ1v) is 10.5. The summed E-state index contributed by atoms with van der Waals surface area (Å²) >= 11 is 6.43. The van der Waals surface area contributed by atoms with Gasteiger partial charge in [0.05, 0.1) is 25.2 Å². The number of fused-ring (bicyclic) bond motifs is 2. The van der Waals surface area contributed by atoms with Crippen molar-refractivity contribution in [3.05, 3.63) is 48.8 Å². The summed E-state index contributed by atoms with van der Waals surface area (Å²) in [6, 6.07) is 0. The molecule has 0 spiro atoms. The molecule has 3 aliphatic rings. The van der Waals surface area contributed by atoms with Crippen LogP contribution in [0.2, 0.25) is 5.15 Å². The van der Waals surface area contributed by atoms with E-state index in [2.05, 4.69) is 33.5 Å². The minimum Gasteiger partial charge on any atom is -0.478 e. The van der Waals surface area contributed by atoms with E-state index in [1.54, 1.807) is 18.0 Å². The Morgan fingerprint density at radius 3 is 2.84 bits per heavy atom. The number of halogens is 1. The fraction of sp³-hybridized carbons (Fsp3) is 0.381. The number of methoxy groups -OCH3 is 1. The van der Waals surface area contributed by atoms with Crippen molar-refractivity contribution in [3.63, 3.8) is 0 Å². The number of hydrogen-bond acceptors (Lipinski definition) is 6. The van der Waals surface area contributed by atoms with Crippen LogP contribution < -0.4 is 10.1 Å². The highest BCUT2D eigenvalue weighted by Crippen LogP contribution is 2.52. The zero-order chi connectivity index (χ0) is 21.9. The lowest BCUT2D eigenvalue weighted by Gasteiger charge is -2.31. The van der Waals surface area contributed by atoms with Crippen LogP contribution >= 0.6 is 11.6 Å². The van der Waals surface area contributed by atoms with Crippen LogP contribution in [0.3, 0.4) is 0 Å². The Labute approximate surface area is 185 Å². The number of hydrogen-bond donors (Lipinski definition) is 1. The SMILES string of the molecule is C=CC(=O)N1CC2C(CN3C=C(Nc4cn(C)nc4OC)c4ncc(Cl)n4C3=C)C2C1. The Hall–Kier alpha value is -3.20. The van der Waals surface area contributed by atoms with Crippen LogP contribution in [-0.4, -0.2) is 61.8 Å². The molecule has 2 aromatic heterocycles. The van der Waals surface area contributed by atoms with E-state index in [1.807, 2.05) is 28.9 Å². The van der Waals surface area contributed by atoms with Crippen molar-refractivity contribution in [2.75, 3.05) is 32.1 Å². The summed E-state index contributed by atoms with van der Waals surface area (Å²) in [6.45, 7) is 10.2. The molecule has 4 heterocycles. The predicted octanol–water partition coefficient (Wildman–Crippen LogP) is 2.32. The summed E-state index contributed by atoms with van der Waals surface area (Å²) in [7, 11) is 3.42. The van der Waals surface area contributed by atoms with Crippen molar-refractivity contribution in [3.8, 4) is 5.88 Å². The number of piperidine rings is 1. The molecule has 162 valence electrons. The summed E-state index contributed by atoms with van der Waals surface area (Å²) in [5.41, 5.74) is 1.51. The van der Waals surface area contributed by atoms with Gasteiger partial charge in [-0.15, -0.1) is 5.10 Å². The van der Waals surface area contributed by atoms with Gasteiger partial charge in [-0.2, -0.15) is 0 Å². The number of ether oxygens (including phenoxy) is 1. The number of rotatable bonds is 6. The minimum atomic E-state index is 0.0139. The third-order valence-electron chi connectivity index (χ3n) is 6.36. The second-order valence-electron chi connectivity index (χ2n) is 8.14. The average Bonchev–Trinajstić information content (AvgIpc) is 3.16. The maximum absolute atomic E-state index is 11.9. The number of carbonyl (C=O) groups excluding carboxylic acids is 1. The molecule has 2 aromatic rings. The molecule has 2 fully saturated rings. The third kappa shape index (κ3) is 3.20. The fourth-order valence-electron chi connectivity index (χ4n) is 4.74. The van der Waals surface area contributed by atoms with E-state index < -0.39 is 0 Å². The van der Waals surface area contributed by atoms with Crippen molar-refractivity contribution in [1.29, 1.82) is 0 Å². The molecule has 9 nitrogen and oxygen atoms in total. The lowest BCUT2D eigenvalue weighted by molar-refractivity contribution is -0.125. The van der Waals surface area contributed by atoms with Crippen LogP contribution in [-0.2, 0) is 11.8 Å². The van der Waals surface area contributed by atoms with Crippen LogP contribution in [0, 0.1) is 17.8 Å². The molecule has 1 N–H and O–H groups in total. The van der Waals surface area contributed by atoms with Crippen LogP contribution in [0.5, 0.6) is 5.88 Å². The summed E-state index contributed by atoms with van der Waals surface area (Å²) in [4.78, 5) is 20.3. The topological polar surface area (TPSA) is 80.5 Å². The largest absolute Gasteiger partial charge is 0.478 e. The maximum Gasteiger partial charge on any atom is 0.256 e. The monoisotopic (exact) mass is 441 g/mol. The molecule has 10 heteroatoms. The van der Waals surface area contributed by atoms with Gasteiger partial charge >= 0.3 is 0 Å². The predicted molar refractivity (Wildman–Crippen MR) is 118 cm³/mol. The van der Waals surface area contributed by atoms with E-state index in [-0.39, 0.29) is 5.91 Å². The van der Waals surface area contributed by atoms with Crippen LogP contribution in [0.1, 0.15) is 5.82 Å². The molecule has 0 bridgehead atoms. The summed E-state index contributed by atoms with van der Waals surface area (Å²) in [5, 5.41) is 8.17. The fourth-order valence-corrected chi connectivity index (χ4v) is 4.96. The Morgan fingerprint density at radius 2 is 2.16 bits per heavy atom. The van der Waals surface area contributed by atoms with Gasteiger partial charge in [-0.05, 0) is 23.8 Å². The number of nitrogens with zero attached hydrogens (tertiary/aromatic N) is 6. The van der Waals surface area contributed by atoms with Crippen molar-refractivity contribution in [2.24, 2.45) is 24.8 Å². The highest BCUT2D eigenvalue weighted by molar-refractivity contribution is 6.30. The van der Waals surface area contributed by atoms with Crippen molar-refractivity contribution in [2.45, 2.75) is 0 Å². The molecule has 2 aliphatic heterocycles. The van der Waals surface area contributed by atoms with Gasteiger partial charge in [0, 0.05) is 32.9 Å². The van der Waals surface area contributed by atoms with E-state index in [0.717, 1.165) is 36.8 Å². The molecule has 5 rings (SSSR count).